The largest absolute Gasteiger partial charge is 0.337 e. The molecule has 0 unspecified atom stereocenters. The van der Waals surface area contributed by atoms with Crippen LogP contribution in [0.25, 0.3) is 0 Å². The van der Waals surface area contributed by atoms with Crippen LogP contribution < -0.4 is 5.32 Å². The maximum atomic E-state index is 13.6. The lowest BCUT2D eigenvalue weighted by atomic mass is 10.3. The van der Waals surface area contributed by atoms with E-state index in [0.717, 1.165) is 11.5 Å². The van der Waals surface area contributed by atoms with E-state index in [0.29, 0.717) is 10.2 Å². The maximum absolute atomic E-state index is 13.6. The van der Waals surface area contributed by atoms with Gasteiger partial charge in [0.2, 0.25) is 0 Å². The monoisotopic (exact) mass is 283 g/mol. The summed E-state index contributed by atoms with van der Waals surface area (Å²) < 4.78 is 15.9. The van der Waals surface area contributed by atoms with Gasteiger partial charge >= 0.3 is 0 Å². The Morgan fingerprint density at radius 3 is 2.75 bits per heavy atom. The van der Waals surface area contributed by atoms with Gasteiger partial charge in [-0.3, -0.25) is 4.68 Å². The van der Waals surface area contributed by atoms with Gasteiger partial charge in [-0.25, -0.2) is 4.39 Å². The number of benzene rings is 1. The minimum Gasteiger partial charge on any atom is -0.337 e. The van der Waals surface area contributed by atoms with Crippen molar-refractivity contribution in [3.8, 4) is 0 Å². The average Bonchev–Trinajstić information content (AvgIpc) is 2.51. The van der Waals surface area contributed by atoms with E-state index in [1.165, 1.54) is 6.07 Å². The van der Waals surface area contributed by atoms with E-state index < -0.39 is 0 Å². The van der Waals surface area contributed by atoms with E-state index >= 15 is 0 Å². The Morgan fingerprint density at radius 1 is 1.44 bits per heavy atom. The third kappa shape index (κ3) is 2.09. The van der Waals surface area contributed by atoms with Gasteiger partial charge in [0.1, 0.15) is 11.6 Å². The molecule has 2 aromatic rings. The predicted octanol–water partition coefficient (Wildman–Crippen LogP) is 3.37. The van der Waals surface area contributed by atoms with Crippen molar-refractivity contribution < 1.29 is 4.39 Å². The molecule has 0 saturated heterocycles. The highest BCUT2D eigenvalue weighted by Crippen LogP contribution is 2.28. The Hall–Kier alpha value is -1.36. The van der Waals surface area contributed by atoms with Gasteiger partial charge in [0, 0.05) is 17.6 Å². The number of aryl methyl sites for hydroxylation is 2. The topological polar surface area (TPSA) is 29.9 Å². The molecule has 0 bridgehead atoms. The van der Waals surface area contributed by atoms with Gasteiger partial charge < -0.3 is 5.32 Å². The highest BCUT2D eigenvalue weighted by molar-refractivity contribution is 9.10. The van der Waals surface area contributed by atoms with Crippen molar-refractivity contribution in [2.24, 2.45) is 7.05 Å². The predicted molar refractivity (Wildman–Crippen MR) is 65.3 cm³/mol. The van der Waals surface area contributed by atoms with E-state index in [1.54, 1.807) is 16.8 Å². The minimum atomic E-state index is -0.298. The lowest BCUT2D eigenvalue weighted by Gasteiger charge is -2.09. The third-order valence-electron chi connectivity index (χ3n) is 2.22. The Bertz CT molecular complexity index is 502. The van der Waals surface area contributed by atoms with Crippen LogP contribution in [0.1, 0.15) is 5.69 Å². The van der Waals surface area contributed by atoms with Gasteiger partial charge in [0.25, 0.3) is 0 Å². The van der Waals surface area contributed by atoms with Crippen molar-refractivity contribution in [3.63, 3.8) is 0 Å². The summed E-state index contributed by atoms with van der Waals surface area (Å²) in [5.41, 5.74) is 1.31. The molecule has 0 atom stereocenters. The fourth-order valence-corrected chi connectivity index (χ4v) is 1.91. The van der Waals surface area contributed by atoms with Gasteiger partial charge in [0.15, 0.2) is 0 Å². The Morgan fingerprint density at radius 2 is 2.19 bits per heavy atom. The molecule has 1 heterocycles. The quantitative estimate of drug-likeness (QED) is 0.916. The number of hydrogen-bond donors (Lipinski definition) is 1. The van der Waals surface area contributed by atoms with Crippen molar-refractivity contribution in [2.75, 3.05) is 5.32 Å². The summed E-state index contributed by atoms with van der Waals surface area (Å²) in [5, 5.41) is 7.19. The Labute approximate surface area is 101 Å². The molecule has 0 amide bonds. The van der Waals surface area contributed by atoms with Crippen LogP contribution in [0.2, 0.25) is 0 Å². The second-order valence-electron chi connectivity index (χ2n) is 3.52. The highest BCUT2D eigenvalue weighted by Gasteiger charge is 2.09. The van der Waals surface area contributed by atoms with Crippen LogP contribution in [0.5, 0.6) is 0 Å². The average molecular weight is 284 g/mol. The third-order valence-corrected chi connectivity index (χ3v) is 2.88. The second-order valence-corrected chi connectivity index (χ2v) is 4.37. The van der Waals surface area contributed by atoms with E-state index in [2.05, 4.69) is 26.3 Å². The summed E-state index contributed by atoms with van der Waals surface area (Å²) >= 11 is 3.30. The second kappa shape index (κ2) is 4.25. The number of nitrogens with one attached hydrogen (secondary N) is 1. The van der Waals surface area contributed by atoms with E-state index in [9.17, 15) is 4.39 Å². The molecule has 1 aromatic carbocycles. The van der Waals surface area contributed by atoms with Crippen LogP contribution in [-0.4, -0.2) is 9.78 Å². The molecule has 0 spiro atoms. The summed E-state index contributed by atoms with van der Waals surface area (Å²) in [4.78, 5) is 0. The zero-order valence-corrected chi connectivity index (χ0v) is 10.5. The van der Waals surface area contributed by atoms with Crippen LogP contribution in [0, 0.1) is 12.7 Å². The summed E-state index contributed by atoms with van der Waals surface area (Å²) in [6.45, 7) is 1.89. The smallest absolute Gasteiger partial charge is 0.147 e. The molecular formula is C11H11BrFN3. The van der Waals surface area contributed by atoms with Crippen molar-refractivity contribution in [1.29, 1.82) is 0 Å². The van der Waals surface area contributed by atoms with Gasteiger partial charge in [-0.05, 0) is 35.0 Å². The number of rotatable bonds is 2. The standard InChI is InChI=1S/C11H11BrFN3/c1-7-6-10(16(2)15-7)14-11-8(12)4-3-5-9(11)13/h3-6,14H,1-2H3. The van der Waals surface area contributed by atoms with Crippen LogP contribution >= 0.6 is 15.9 Å². The molecule has 0 aliphatic heterocycles. The number of para-hydroxylation sites is 1. The summed E-state index contributed by atoms with van der Waals surface area (Å²) in [6.07, 6.45) is 0. The highest BCUT2D eigenvalue weighted by atomic mass is 79.9. The first kappa shape index (κ1) is 11.1. The van der Waals surface area contributed by atoms with Crippen LogP contribution in [0.3, 0.4) is 0 Å². The van der Waals surface area contributed by atoms with Crippen LogP contribution in [0.4, 0.5) is 15.9 Å². The zero-order valence-electron chi connectivity index (χ0n) is 8.96. The zero-order chi connectivity index (χ0) is 11.7. The fourth-order valence-electron chi connectivity index (χ4n) is 1.47. The first-order valence-corrected chi connectivity index (χ1v) is 5.59. The fraction of sp³-hybridized carbons (Fsp3) is 0.182. The van der Waals surface area contributed by atoms with Gasteiger partial charge in [-0.15, -0.1) is 0 Å². The van der Waals surface area contributed by atoms with Crippen molar-refractivity contribution in [2.45, 2.75) is 6.92 Å². The SMILES string of the molecule is Cc1cc(Nc2c(F)cccc2Br)n(C)n1. The lowest BCUT2D eigenvalue weighted by molar-refractivity contribution is 0.630. The minimum absolute atomic E-state index is 0.298. The summed E-state index contributed by atoms with van der Waals surface area (Å²) in [6, 6.07) is 6.71. The molecule has 1 N–H and O–H groups in total. The van der Waals surface area contributed by atoms with Crippen LogP contribution in [-0.2, 0) is 7.05 Å². The van der Waals surface area contributed by atoms with Gasteiger partial charge in [-0.2, -0.15) is 5.10 Å². The lowest BCUT2D eigenvalue weighted by Crippen LogP contribution is -2.01. The van der Waals surface area contributed by atoms with E-state index in [4.69, 9.17) is 0 Å². The summed E-state index contributed by atoms with van der Waals surface area (Å²) in [5.74, 6) is 0.455. The molecule has 3 nitrogen and oxygen atoms in total. The molecule has 5 heteroatoms. The van der Waals surface area contributed by atoms with Gasteiger partial charge in [0.05, 0.1) is 11.4 Å². The number of nitrogens with zero attached hydrogens (tertiary/aromatic N) is 2. The number of hydrogen-bond acceptors (Lipinski definition) is 2. The molecule has 0 radical (unpaired) electrons. The molecule has 0 aliphatic rings. The molecule has 0 aliphatic carbocycles. The molecule has 0 fully saturated rings. The first-order chi connectivity index (χ1) is 7.58. The van der Waals surface area contributed by atoms with Crippen molar-refractivity contribution >= 4 is 27.4 Å². The number of aromatic nitrogens is 2. The number of anilines is 2. The van der Waals surface area contributed by atoms with Gasteiger partial charge in [-0.1, -0.05) is 6.07 Å². The molecule has 2 rings (SSSR count). The molecule has 1 aromatic heterocycles. The Balaban J connectivity index is 2.37. The normalized spacial score (nSPS) is 10.5. The van der Waals surface area contributed by atoms with E-state index in [1.807, 2.05) is 20.0 Å². The molecule has 0 saturated carbocycles. The maximum Gasteiger partial charge on any atom is 0.147 e. The summed E-state index contributed by atoms with van der Waals surface area (Å²) in [7, 11) is 1.81. The molecular weight excluding hydrogens is 273 g/mol. The van der Waals surface area contributed by atoms with Crippen molar-refractivity contribution in [1.82, 2.24) is 9.78 Å². The van der Waals surface area contributed by atoms with Crippen molar-refractivity contribution in [3.05, 3.63) is 40.2 Å². The molecule has 84 valence electrons. The first-order valence-electron chi connectivity index (χ1n) is 4.79. The van der Waals surface area contributed by atoms with E-state index in [-0.39, 0.29) is 5.82 Å². The van der Waals surface area contributed by atoms with Crippen LogP contribution in [0.15, 0.2) is 28.7 Å². The number of halogens is 2. The molecule has 16 heavy (non-hydrogen) atoms. The Kier molecular flexibility index (Phi) is 2.96.